The van der Waals surface area contributed by atoms with E-state index in [9.17, 15) is 4.79 Å². The fourth-order valence-electron chi connectivity index (χ4n) is 3.17. The molecule has 0 saturated carbocycles. The molecule has 3 nitrogen and oxygen atoms in total. The number of amides is 1. The van der Waals surface area contributed by atoms with Crippen LogP contribution < -0.4 is 9.80 Å². The smallest absolute Gasteiger partial charge is 0.228 e. The molecule has 0 N–H and O–H groups in total. The largest absolute Gasteiger partial charge is 0.370 e. The van der Waals surface area contributed by atoms with Gasteiger partial charge in [-0.2, -0.15) is 0 Å². The number of alkyl halides is 1. The molecule has 0 radical (unpaired) electrons. The van der Waals surface area contributed by atoms with Crippen LogP contribution in [0.25, 0.3) is 0 Å². The Morgan fingerprint density at radius 3 is 2.25 bits per heavy atom. The molecule has 2 aliphatic heterocycles. The molecule has 2 saturated heterocycles. The lowest BCUT2D eigenvalue weighted by molar-refractivity contribution is -0.117. The van der Waals surface area contributed by atoms with E-state index in [2.05, 4.69) is 17.0 Å². The van der Waals surface area contributed by atoms with Gasteiger partial charge in [0.1, 0.15) is 0 Å². The molecule has 0 aromatic heterocycles. The van der Waals surface area contributed by atoms with Crippen LogP contribution in [0, 0.1) is 0 Å². The molecular weight excluding hydrogens is 272 g/mol. The summed E-state index contributed by atoms with van der Waals surface area (Å²) in [7, 11) is 0. The predicted octanol–water partition coefficient (Wildman–Crippen LogP) is 3.41. The van der Waals surface area contributed by atoms with Crippen molar-refractivity contribution in [2.24, 2.45) is 0 Å². The molecule has 1 aromatic rings. The van der Waals surface area contributed by atoms with Gasteiger partial charge < -0.3 is 9.80 Å². The van der Waals surface area contributed by atoms with Crippen LogP contribution in [0.5, 0.6) is 0 Å². The van der Waals surface area contributed by atoms with Crippen LogP contribution >= 0.6 is 11.6 Å². The Balaban J connectivity index is 1.89. The molecule has 1 unspecified atom stereocenters. The van der Waals surface area contributed by atoms with Gasteiger partial charge in [-0.05, 0) is 25.0 Å². The van der Waals surface area contributed by atoms with Gasteiger partial charge >= 0.3 is 0 Å². The topological polar surface area (TPSA) is 23.6 Å². The third-order valence-electron chi connectivity index (χ3n) is 4.20. The first-order valence-electron chi connectivity index (χ1n) is 7.54. The van der Waals surface area contributed by atoms with Crippen LogP contribution in [0.3, 0.4) is 0 Å². The lowest BCUT2D eigenvalue weighted by Crippen LogP contribution is -2.30. The van der Waals surface area contributed by atoms with Crippen molar-refractivity contribution < 1.29 is 4.79 Å². The number of anilines is 2. The van der Waals surface area contributed by atoms with Gasteiger partial charge in [0, 0.05) is 26.1 Å². The Morgan fingerprint density at radius 1 is 1.00 bits per heavy atom. The van der Waals surface area contributed by atoms with Crippen molar-refractivity contribution in [2.75, 3.05) is 29.4 Å². The number of carbonyl (C=O) groups excluding carboxylic acids is 1. The normalized spacial score (nSPS) is 24.1. The molecular formula is C16H21ClN2O. The number of halogens is 1. The number of nitrogens with zero attached hydrogens (tertiary/aromatic N) is 2. The van der Waals surface area contributed by atoms with E-state index in [0.717, 1.165) is 18.8 Å². The molecule has 4 heteroatoms. The Hall–Kier alpha value is -1.22. The molecule has 0 bridgehead atoms. The molecule has 2 aliphatic rings. The molecule has 1 amide bonds. The van der Waals surface area contributed by atoms with Crippen molar-refractivity contribution in [1.82, 2.24) is 0 Å². The van der Waals surface area contributed by atoms with Gasteiger partial charge in [0.25, 0.3) is 0 Å². The second-order valence-electron chi connectivity index (χ2n) is 5.70. The van der Waals surface area contributed by atoms with Gasteiger partial charge in [0.15, 0.2) is 0 Å². The van der Waals surface area contributed by atoms with Crippen molar-refractivity contribution in [2.45, 2.75) is 37.5 Å². The molecule has 1 aromatic carbocycles. The minimum atomic E-state index is -0.0558. The molecule has 0 spiro atoms. The average Bonchev–Trinajstić information content (AvgIpc) is 2.68. The quantitative estimate of drug-likeness (QED) is 0.780. The zero-order valence-corrected chi connectivity index (χ0v) is 12.5. The first kappa shape index (κ1) is 13.7. The summed E-state index contributed by atoms with van der Waals surface area (Å²) in [4.78, 5) is 16.4. The monoisotopic (exact) mass is 292 g/mol. The van der Waals surface area contributed by atoms with Crippen LogP contribution in [0.4, 0.5) is 11.4 Å². The number of rotatable bonds is 2. The van der Waals surface area contributed by atoms with Gasteiger partial charge in [-0.25, -0.2) is 0 Å². The van der Waals surface area contributed by atoms with Crippen LogP contribution in [-0.4, -0.2) is 30.9 Å². The predicted molar refractivity (Wildman–Crippen MR) is 83.7 cm³/mol. The van der Waals surface area contributed by atoms with Crippen molar-refractivity contribution in [1.29, 1.82) is 0 Å². The first-order valence-corrected chi connectivity index (χ1v) is 7.98. The van der Waals surface area contributed by atoms with Gasteiger partial charge in [-0.15, -0.1) is 11.6 Å². The summed E-state index contributed by atoms with van der Waals surface area (Å²) in [6.45, 7) is 2.80. The summed E-state index contributed by atoms with van der Waals surface area (Å²) in [6, 6.07) is 8.25. The second-order valence-corrected chi connectivity index (χ2v) is 6.31. The number of carbonyl (C=O) groups is 1. The maximum Gasteiger partial charge on any atom is 0.228 e. The second kappa shape index (κ2) is 6.04. The number of hydrogen-bond donors (Lipinski definition) is 0. The Bertz CT molecular complexity index is 483. The first-order chi connectivity index (χ1) is 9.75. The minimum Gasteiger partial charge on any atom is -0.370 e. The van der Waals surface area contributed by atoms with E-state index in [1.165, 1.54) is 31.4 Å². The van der Waals surface area contributed by atoms with Gasteiger partial charge in [0.05, 0.1) is 16.8 Å². The number of para-hydroxylation sites is 2. The maximum atomic E-state index is 12.1. The highest BCUT2D eigenvalue weighted by molar-refractivity contribution is 6.24. The summed E-state index contributed by atoms with van der Waals surface area (Å²) in [5.41, 5.74) is 2.22. The molecule has 108 valence electrons. The van der Waals surface area contributed by atoms with Crippen LogP contribution in [0.1, 0.15) is 32.1 Å². The molecule has 3 rings (SSSR count). The van der Waals surface area contributed by atoms with E-state index in [4.69, 9.17) is 11.6 Å². The van der Waals surface area contributed by atoms with Gasteiger partial charge in [-0.1, -0.05) is 25.0 Å². The fraction of sp³-hybridized carbons (Fsp3) is 0.562. The zero-order valence-electron chi connectivity index (χ0n) is 11.7. The van der Waals surface area contributed by atoms with Crippen molar-refractivity contribution >= 4 is 28.9 Å². The van der Waals surface area contributed by atoms with E-state index in [0.29, 0.717) is 13.0 Å². The van der Waals surface area contributed by atoms with Crippen molar-refractivity contribution in [3.05, 3.63) is 24.3 Å². The summed E-state index contributed by atoms with van der Waals surface area (Å²) in [5, 5.41) is -0.0558. The average molecular weight is 293 g/mol. The SMILES string of the molecule is O=C1CC(Cl)CN1c1ccccc1N1CCCCCC1. The molecule has 1 atom stereocenters. The van der Waals surface area contributed by atoms with E-state index >= 15 is 0 Å². The molecule has 2 fully saturated rings. The summed E-state index contributed by atoms with van der Waals surface area (Å²) in [6.07, 6.45) is 5.55. The standard InChI is InChI=1S/C16H21ClN2O/c17-13-11-16(20)19(12-13)15-8-4-3-7-14(15)18-9-5-1-2-6-10-18/h3-4,7-8,13H,1-2,5-6,9-12H2. The van der Waals surface area contributed by atoms with Crippen molar-refractivity contribution in [3.63, 3.8) is 0 Å². The lowest BCUT2D eigenvalue weighted by atomic mass is 10.2. The van der Waals surface area contributed by atoms with Gasteiger partial charge in [-0.3, -0.25) is 4.79 Å². The fourth-order valence-corrected chi connectivity index (χ4v) is 3.44. The highest BCUT2D eigenvalue weighted by Gasteiger charge is 2.31. The highest BCUT2D eigenvalue weighted by Crippen LogP contribution is 2.34. The van der Waals surface area contributed by atoms with E-state index < -0.39 is 0 Å². The maximum absolute atomic E-state index is 12.1. The van der Waals surface area contributed by atoms with E-state index in [1.807, 2.05) is 17.0 Å². The van der Waals surface area contributed by atoms with Crippen molar-refractivity contribution in [3.8, 4) is 0 Å². The number of hydrogen-bond acceptors (Lipinski definition) is 2. The zero-order chi connectivity index (χ0) is 13.9. The van der Waals surface area contributed by atoms with Crippen LogP contribution in [0.2, 0.25) is 0 Å². The Labute approximate surface area is 125 Å². The van der Waals surface area contributed by atoms with E-state index in [-0.39, 0.29) is 11.3 Å². The lowest BCUT2D eigenvalue weighted by Gasteiger charge is -2.28. The highest BCUT2D eigenvalue weighted by atomic mass is 35.5. The van der Waals surface area contributed by atoms with Crippen LogP contribution in [0.15, 0.2) is 24.3 Å². The Morgan fingerprint density at radius 2 is 1.65 bits per heavy atom. The molecule has 0 aliphatic carbocycles. The Kier molecular flexibility index (Phi) is 4.16. The third kappa shape index (κ3) is 2.78. The summed E-state index contributed by atoms with van der Waals surface area (Å²) >= 11 is 6.14. The summed E-state index contributed by atoms with van der Waals surface area (Å²) < 4.78 is 0. The summed E-state index contributed by atoms with van der Waals surface area (Å²) in [5.74, 6) is 0.146. The molecule has 20 heavy (non-hydrogen) atoms. The number of benzene rings is 1. The van der Waals surface area contributed by atoms with E-state index in [1.54, 1.807) is 0 Å². The minimum absolute atomic E-state index is 0.0558. The molecule has 2 heterocycles. The van der Waals surface area contributed by atoms with Crippen LogP contribution in [-0.2, 0) is 4.79 Å². The third-order valence-corrected chi connectivity index (χ3v) is 4.49. The van der Waals surface area contributed by atoms with Gasteiger partial charge in [0.2, 0.25) is 5.91 Å².